The minimum Gasteiger partial charge on any atom is -0.266 e. The SMILES string of the molecule is CC(Cc1ccc(Cl)nc1)C[SH](C)(=O)NC#N. The van der Waals surface area contributed by atoms with Crippen molar-refractivity contribution in [2.24, 2.45) is 5.92 Å². The quantitative estimate of drug-likeness (QED) is 0.370. The van der Waals surface area contributed by atoms with E-state index < -0.39 is 10.1 Å². The van der Waals surface area contributed by atoms with Gasteiger partial charge in [0, 0.05) is 18.2 Å². The number of halogens is 1. The van der Waals surface area contributed by atoms with Crippen LogP contribution in [0.3, 0.4) is 0 Å². The van der Waals surface area contributed by atoms with Gasteiger partial charge in [-0.3, -0.25) is 8.93 Å². The number of rotatable bonds is 5. The molecule has 0 spiro atoms. The van der Waals surface area contributed by atoms with Gasteiger partial charge < -0.3 is 0 Å². The van der Waals surface area contributed by atoms with Crippen LogP contribution in [0.1, 0.15) is 12.5 Å². The standard InChI is InChI=1S/C11H16ClN3OS/c1-9(7-17(2,16)15-8-13)5-10-3-4-11(12)14-6-10/h3-4,6,9,17H,5,7H2,1-2H3,(H,15,16). The molecule has 0 aliphatic carbocycles. The third-order valence-electron chi connectivity index (χ3n) is 2.32. The highest BCUT2D eigenvalue weighted by atomic mass is 35.5. The smallest absolute Gasteiger partial charge is 0.187 e. The van der Waals surface area contributed by atoms with Crippen molar-refractivity contribution in [1.29, 1.82) is 5.26 Å². The van der Waals surface area contributed by atoms with Gasteiger partial charge in [-0.25, -0.2) is 4.98 Å². The Kier molecular flexibility index (Phi) is 4.91. The second-order valence-corrected chi connectivity index (χ2v) is 7.48. The summed E-state index contributed by atoms with van der Waals surface area (Å²) in [5.41, 5.74) is 1.05. The second-order valence-electron chi connectivity index (χ2n) is 4.31. The normalized spacial score (nSPS) is 13.8. The van der Waals surface area contributed by atoms with Gasteiger partial charge >= 0.3 is 0 Å². The van der Waals surface area contributed by atoms with E-state index in [-0.39, 0.29) is 5.92 Å². The van der Waals surface area contributed by atoms with Gasteiger partial charge in [0.1, 0.15) is 5.15 Å². The molecule has 0 amide bonds. The predicted molar refractivity (Wildman–Crippen MR) is 71.2 cm³/mol. The summed E-state index contributed by atoms with van der Waals surface area (Å²) in [6.45, 7) is 2.00. The Hall–Kier alpha value is -1.12. The van der Waals surface area contributed by atoms with Gasteiger partial charge in [-0.05, 0) is 34.1 Å². The zero-order chi connectivity index (χ0) is 12.9. The molecule has 1 heterocycles. The molecule has 1 rings (SSSR count). The van der Waals surface area contributed by atoms with Crippen molar-refractivity contribution in [3.05, 3.63) is 29.0 Å². The molecule has 1 N–H and O–H groups in total. The van der Waals surface area contributed by atoms with Crippen LogP contribution in [0.4, 0.5) is 0 Å². The Labute approximate surface area is 108 Å². The van der Waals surface area contributed by atoms with Crippen molar-refractivity contribution in [3.8, 4) is 6.19 Å². The Morgan fingerprint density at radius 3 is 2.88 bits per heavy atom. The van der Waals surface area contributed by atoms with E-state index in [1.54, 1.807) is 24.7 Å². The Morgan fingerprint density at radius 1 is 1.65 bits per heavy atom. The van der Waals surface area contributed by atoms with Crippen LogP contribution in [0.2, 0.25) is 5.15 Å². The Morgan fingerprint density at radius 2 is 2.35 bits per heavy atom. The third kappa shape index (κ3) is 5.16. The maximum Gasteiger partial charge on any atom is 0.187 e. The van der Waals surface area contributed by atoms with Crippen LogP contribution in [0.25, 0.3) is 0 Å². The summed E-state index contributed by atoms with van der Waals surface area (Å²) in [5.74, 6) is 0.707. The highest BCUT2D eigenvalue weighted by molar-refractivity contribution is 8.00. The molecular formula is C11H16ClN3OS. The Balaban J connectivity index is 2.56. The lowest BCUT2D eigenvalue weighted by molar-refractivity contribution is 0.620. The van der Waals surface area contributed by atoms with Crippen molar-refractivity contribution in [1.82, 2.24) is 9.71 Å². The topological polar surface area (TPSA) is 65.8 Å². The molecule has 0 bridgehead atoms. The maximum absolute atomic E-state index is 11.9. The van der Waals surface area contributed by atoms with Crippen molar-refractivity contribution >= 4 is 21.7 Å². The average Bonchev–Trinajstić information content (AvgIpc) is 2.20. The van der Waals surface area contributed by atoms with E-state index in [1.807, 2.05) is 13.0 Å². The van der Waals surface area contributed by atoms with Crippen molar-refractivity contribution < 1.29 is 4.21 Å². The molecule has 0 aliphatic heterocycles. The molecular weight excluding hydrogens is 258 g/mol. The van der Waals surface area contributed by atoms with Crippen LogP contribution in [0.5, 0.6) is 0 Å². The van der Waals surface area contributed by atoms with Crippen molar-refractivity contribution in [2.75, 3.05) is 12.0 Å². The first kappa shape index (κ1) is 13.9. The molecule has 1 atom stereocenters. The number of thiol groups is 1. The first-order chi connectivity index (χ1) is 7.93. The second kappa shape index (κ2) is 5.99. The number of aromatic nitrogens is 1. The average molecular weight is 274 g/mol. The molecule has 0 aliphatic rings. The van der Waals surface area contributed by atoms with Crippen molar-refractivity contribution in [3.63, 3.8) is 0 Å². The molecule has 6 heteroatoms. The summed E-state index contributed by atoms with van der Waals surface area (Å²) in [4.78, 5) is 3.99. The molecule has 0 radical (unpaired) electrons. The lowest BCUT2D eigenvalue weighted by atomic mass is 10.1. The van der Waals surface area contributed by atoms with Gasteiger partial charge in [-0.2, -0.15) is 5.26 Å². The van der Waals surface area contributed by atoms with Gasteiger partial charge in [0.05, 0.1) is 0 Å². The number of nitrogens with zero attached hydrogens (tertiary/aromatic N) is 2. The summed E-state index contributed by atoms with van der Waals surface area (Å²) in [6, 6.07) is 3.65. The first-order valence-corrected chi connectivity index (χ1v) is 7.98. The first-order valence-electron chi connectivity index (χ1n) is 5.26. The van der Waals surface area contributed by atoms with E-state index in [0.29, 0.717) is 10.9 Å². The van der Waals surface area contributed by atoms with E-state index in [1.165, 1.54) is 0 Å². The molecule has 0 saturated carbocycles. The summed E-state index contributed by atoms with van der Waals surface area (Å²) in [7, 11) is -2.55. The van der Waals surface area contributed by atoms with Crippen LogP contribution in [0, 0.1) is 17.4 Å². The number of nitriles is 1. The lowest BCUT2D eigenvalue weighted by Crippen LogP contribution is -2.32. The highest BCUT2D eigenvalue weighted by Gasteiger charge is 2.13. The minimum atomic E-state index is -2.55. The van der Waals surface area contributed by atoms with Gasteiger partial charge in [0.2, 0.25) is 0 Å². The van der Waals surface area contributed by atoms with E-state index in [9.17, 15) is 4.21 Å². The molecule has 1 unspecified atom stereocenters. The molecule has 17 heavy (non-hydrogen) atoms. The third-order valence-corrected chi connectivity index (χ3v) is 4.44. The molecule has 0 saturated heterocycles. The maximum atomic E-state index is 11.9. The molecule has 4 nitrogen and oxygen atoms in total. The summed E-state index contributed by atoms with van der Waals surface area (Å²) in [5, 5.41) is 8.94. The summed E-state index contributed by atoms with van der Waals surface area (Å²) in [6.07, 6.45) is 5.82. The largest absolute Gasteiger partial charge is 0.266 e. The molecule has 1 aromatic rings. The zero-order valence-corrected chi connectivity index (χ0v) is 11.5. The predicted octanol–water partition coefficient (Wildman–Crippen LogP) is 1.55. The van der Waals surface area contributed by atoms with E-state index in [2.05, 4.69) is 9.71 Å². The van der Waals surface area contributed by atoms with Crippen molar-refractivity contribution in [2.45, 2.75) is 13.3 Å². The fraction of sp³-hybridized carbons (Fsp3) is 0.455. The highest BCUT2D eigenvalue weighted by Crippen LogP contribution is 2.13. The van der Waals surface area contributed by atoms with Gasteiger partial charge in [0.25, 0.3) is 0 Å². The van der Waals surface area contributed by atoms with Crippen LogP contribution in [-0.2, 0) is 16.5 Å². The number of nitrogens with one attached hydrogen (secondary N) is 1. The molecule has 1 aromatic heterocycles. The molecule has 0 aromatic carbocycles. The van der Waals surface area contributed by atoms with E-state index >= 15 is 0 Å². The fourth-order valence-corrected chi connectivity index (χ4v) is 3.47. The Bertz CT molecular complexity index is 455. The lowest BCUT2D eigenvalue weighted by Gasteiger charge is -2.21. The molecule has 94 valence electrons. The summed E-state index contributed by atoms with van der Waals surface area (Å²) < 4.78 is 14.3. The van der Waals surface area contributed by atoms with Gasteiger partial charge in [-0.1, -0.05) is 24.6 Å². The zero-order valence-electron chi connectivity index (χ0n) is 9.85. The minimum absolute atomic E-state index is 0.217. The number of hydrogen-bond donors (Lipinski definition) is 2. The van der Waals surface area contributed by atoms with Gasteiger partial charge in [-0.15, -0.1) is 0 Å². The van der Waals surface area contributed by atoms with Crippen LogP contribution < -0.4 is 4.72 Å². The number of pyridine rings is 1. The van der Waals surface area contributed by atoms with Crippen LogP contribution in [-0.4, -0.2) is 21.2 Å². The van der Waals surface area contributed by atoms with Crippen LogP contribution >= 0.6 is 11.6 Å². The van der Waals surface area contributed by atoms with Gasteiger partial charge in [0.15, 0.2) is 6.19 Å². The molecule has 0 fully saturated rings. The van der Waals surface area contributed by atoms with Crippen LogP contribution in [0.15, 0.2) is 18.3 Å². The summed E-state index contributed by atoms with van der Waals surface area (Å²) >= 11 is 5.69. The van der Waals surface area contributed by atoms with E-state index in [4.69, 9.17) is 16.9 Å². The number of hydrogen-bond acceptors (Lipinski definition) is 3. The van der Waals surface area contributed by atoms with E-state index in [0.717, 1.165) is 12.0 Å². The fourth-order valence-electron chi connectivity index (χ4n) is 1.74. The monoisotopic (exact) mass is 273 g/mol.